The van der Waals surface area contributed by atoms with Gasteiger partial charge in [0.2, 0.25) is 0 Å². The van der Waals surface area contributed by atoms with Gasteiger partial charge in [0.1, 0.15) is 5.40 Å². The molecule has 0 N–H and O–H groups in total. The van der Waals surface area contributed by atoms with E-state index in [4.69, 9.17) is 5.26 Å². The van der Waals surface area contributed by atoms with Crippen molar-refractivity contribution >= 4 is 17.6 Å². The van der Waals surface area contributed by atoms with Gasteiger partial charge in [0.05, 0.1) is 11.2 Å². The average Bonchev–Trinajstić information content (AvgIpc) is 2.42. The summed E-state index contributed by atoms with van der Waals surface area (Å²) in [6.45, 7) is 2.08. The second kappa shape index (κ2) is 4.70. The Bertz CT molecular complexity index is 269. The Kier molecular flexibility index (Phi) is 3.30. The third-order valence-corrected chi connectivity index (χ3v) is 3.69. The fourth-order valence-electron chi connectivity index (χ4n) is 2.14. The molecule has 76 valence electrons. The molecule has 0 aromatic heterocycles. The molecular formula is C10H15N3S. The summed E-state index contributed by atoms with van der Waals surface area (Å²) in [7, 11) is 0. The summed E-state index contributed by atoms with van der Waals surface area (Å²) in [6.07, 6.45) is 5.86. The van der Waals surface area contributed by atoms with Gasteiger partial charge in [-0.25, -0.2) is 0 Å². The molecular weight excluding hydrogens is 194 g/mol. The number of hydrogen-bond donors (Lipinski definition) is 0. The van der Waals surface area contributed by atoms with E-state index in [0.29, 0.717) is 5.37 Å². The summed E-state index contributed by atoms with van der Waals surface area (Å²) in [5.41, 5.74) is 0. The third kappa shape index (κ3) is 2.03. The Morgan fingerprint density at radius 1 is 1.43 bits per heavy atom. The smallest absolute Gasteiger partial charge is 0.135 e. The van der Waals surface area contributed by atoms with Gasteiger partial charge < -0.3 is 4.90 Å². The average molecular weight is 209 g/mol. The number of hydrogen-bond acceptors (Lipinski definition) is 4. The lowest BCUT2D eigenvalue weighted by molar-refractivity contribution is 0.364. The summed E-state index contributed by atoms with van der Waals surface area (Å²) in [5.74, 6) is 1.25. The summed E-state index contributed by atoms with van der Waals surface area (Å²) < 4.78 is 0. The summed E-state index contributed by atoms with van der Waals surface area (Å²) in [6, 6.07) is 0. The summed E-state index contributed by atoms with van der Waals surface area (Å²) in [5, 5.41) is 11.3. The first-order valence-electron chi connectivity index (χ1n) is 5.26. The lowest BCUT2D eigenvalue weighted by Gasteiger charge is -2.33. The van der Waals surface area contributed by atoms with Gasteiger partial charge in [0, 0.05) is 19.5 Å². The largest absolute Gasteiger partial charge is 0.347 e. The van der Waals surface area contributed by atoms with Gasteiger partial charge in [-0.05, 0) is 31.0 Å². The molecule has 0 radical (unpaired) electrons. The molecule has 0 aliphatic carbocycles. The standard InChI is InChI=1S/C10H15N3S/c11-8-14-10-5-2-1-4-9-12-6-3-7-13(9)10/h10H,1-7H2. The number of aliphatic imine (C=N–C) groups is 1. The number of amidine groups is 1. The quantitative estimate of drug-likeness (QED) is 0.621. The van der Waals surface area contributed by atoms with Crippen molar-refractivity contribution in [3.8, 4) is 5.40 Å². The van der Waals surface area contributed by atoms with Crippen molar-refractivity contribution in [3.05, 3.63) is 0 Å². The monoisotopic (exact) mass is 209 g/mol. The molecule has 0 saturated carbocycles. The van der Waals surface area contributed by atoms with Gasteiger partial charge in [-0.1, -0.05) is 6.42 Å². The SMILES string of the molecule is N#CSC1CCCCC2=NCCCN21. The molecule has 0 amide bonds. The van der Waals surface area contributed by atoms with Crippen molar-refractivity contribution < 1.29 is 0 Å². The number of nitrogens with zero attached hydrogens (tertiary/aromatic N) is 3. The van der Waals surface area contributed by atoms with Crippen molar-refractivity contribution in [1.82, 2.24) is 4.90 Å². The van der Waals surface area contributed by atoms with Crippen LogP contribution in [0.25, 0.3) is 0 Å². The van der Waals surface area contributed by atoms with Crippen LogP contribution in [0.15, 0.2) is 4.99 Å². The Balaban J connectivity index is 2.12. The van der Waals surface area contributed by atoms with Crippen LogP contribution in [-0.2, 0) is 0 Å². The van der Waals surface area contributed by atoms with Gasteiger partial charge in [-0.3, -0.25) is 4.99 Å². The molecule has 2 aliphatic heterocycles. The van der Waals surface area contributed by atoms with Crippen LogP contribution in [-0.4, -0.2) is 29.2 Å². The Hall–Kier alpha value is -0.690. The fraction of sp³-hybridized carbons (Fsp3) is 0.800. The van der Waals surface area contributed by atoms with Crippen LogP contribution >= 0.6 is 11.8 Å². The minimum Gasteiger partial charge on any atom is -0.347 e. The number of thiocyanates is 1. The van der Waals surface area contributed by atoms with Crippen LogP contribution in [0.2, 0.25) is 0 Å². The number of thioether (sulfide) groups is 1. The van der Waals surface area contributed by atoms with Gasteiger partial charge in [-0.2, -0.15) is 5.26 Å². The van der Waals surface area contributed by atoms with Gasteiger partial charge >= 0.3 is 0 Å². The highest BCUT2D eigenvalue weighted by atomic mass is 32.2. The molecule has 2 rings (SSSR count). The lowest BCUT2D eigenvalue weighted by atomic mass is 10.2. The second-order valence-corrected chi connectivity index (χ2v) is 4.72. The maximum absolute atomic E-state index is 8.75. The van der Waals surface area contributed by atoms with Crippen LogP contribution < -0.4 is 0 Å². The van der Waals surface area contributed by atoms with Crippen molar-refractivity contribution in [2.75, 3.05) is 13.1 Å². The van der Waals surface area contributed by atoms with Crippen LogP contribution in [0.3, 0.4) is 0 Å². The van der Waals surface area contributed by atoms with Gasteiger partial charge in [0.25, 0.3) is 0 Å². The minimum atomic E-state index is 0.363. The maximum atomic E-state index is 8.75. The summed E-state index contributed by atoms with van der Waals surface area (Å²) in [4.78, 5) is 6.92. The van der Waals surface area contributed by atoms with E-state index in [9.17, 15) is 0 Å². The molecule has 0 bridgehead atoms. The third-order valence-electron chi connectivity index (χ3n) is 2.82. The molecule has 14 heavy (non-hydrogen) atoms. The van der Waals surface area contributed by atoms with E-state index in [1.807, 2.05) is 0 Å². The van der Waals surface area contributed by atoms with E-state index in [2.05, 4.69) is 15.3 Å². The van der Waals surface area contributed by atoms with Crippen molar-refractivity contribution in [2.45, 2.75) is 37.5 Å². The number of fused-ring (bicyclic) bond motifs is 1. The molecule has 1 atom stereocenters. The highest BCUT2D eigenvalue weighted by Gasteiger charge is 2.26. The minimum absolute atomic E-state index is 0.363. The zero-order chi connectivity index (χ0) is 9.80. The van der Waals surface area contributed by atoms with Crippen LogP contribution in [0.4, 0.5) is 0 Å². The van der Waals surface area contributed by atoms with Gasteiger partial charge in [-0.15, -0.1) is 0 Å². The van der Waals surface area contributed by atoms with Crippen LogP contribution in [0, 0.1) is 10.7 Å². The maximum Gasteiger partial charge on any atom is 0.135 e. The zero-order valence-corrected chi connectivity index (χ0v) is 9.09. The van der Waals surface area contributed by atoms with E-state index >= 15 is 0 Å². The van der Waals surface area contributed by atoms with Crippen molar-refractivity contribution in [1.29, 1.82) is 5.26 Å². The van der Waals surface area contributed by atoms with E-state index in [0.717, 1.165) is 32.4 Å². The van der Waals surface area contributed by atoms with Crippen molar-refractivity contribution in [3.63, 3.8) is 0 Å². The molecule has 0 spiro atoms. The molecule has 0 aromatic rings. The molecule has 1 fully saturated rings. The number of nitriles is 1. The highest BCUT2D eigenvalue weighted by Crippen LogP contribution is 2.27. The predicted octanol–water partition coefficient (Wildman–Crippen LogP) is 2.20. The first kappa shape index (κ1) is 9.85. The lowest BCUT2D eigenvalue weighted by Crippen LogP contribution is -2.40. The zero-order valence-electron chi connectivity index (χ0n) is 8.28. The molecule has 2 aliphatic rings. The van der Waals surface area contributed by atoms with E-state index in [-0.39, 0.29) is 0 Å². The van der Waals surface area contributed by atoms with E-state index in [1.54, 1.807) is 0 Å². The molecule has 1 unspecified atom stereocenters. The highest BCUT2D eigenvalue weighted by molar-refractivity contribution is 8.04. The topological polar surface area (TPSA) is 39.4 Å². The van der Waals surface area contributed by atoms with E-state index < -0.39 is 0 Å². The Labute approximate surface area is 89.2 Å². The Morgan fingerprint density at radius 3 is 3.21 bits per heavy atom. The van der Waals surface area contributed by atoms with E-state index in [1.165, 1.54) is 30.4 Å². The van der Waals surface area contributed by atoms with Crippen LogP contribution in [0.1, 0.15) is 32.1 Å². The van der Waals surface area contributed by atoms with Gasteiger partial charge in [0.15, 0.2) is 0 Å². The molecule has 3 nitrogen and oxygen atoms in total. The second-order valence-electron chi connectivity index (χ2n) is 3.75. The van der Waals surface area contributed by atoms with Crippen molar-refractivity contribution in [2.24, 2.45) is 4.99 Å². The normalized spacial score (nSPS) is 27.2. The first-order chi connectivity index (χ1) is 6.92. The molecule has 0 aromatic carbocycles. The predicted molar refractivity (Wildman–Crippen MR) is 59.1 cm³/mol. The first-order valence-corrected chi connectivity index (χ1v) is 6.14. The Morgan fingerprint density at radius 2 is 2.36 bits per heavy atom. The number of rotatable bonds is 1. The molecule has 4 heteroatoms. The fourth-order valence-corrected chi connectivity index (χ4v) is 2.90. The molecule has 1 saturated heterocycles. The van der Waals surface area contributed by atoms with Crippen LogP contribution in [0.5, 0.6) is 0 Å². The summed E-state index contributed by atoms with van der Waals surface area (Å²) >= 11 is 1.40. The molecule has 2 heterocycles.